The fourth-order valence-corrected chi connectivity index (χ4v) is 1.96. The number of hydrogen-bond donors (Lipinski definition) is 2. The smallest absolute Gasteiger partial charge is 0.203 e. The predicted molar refractivity (Wildman–Crippen MR) is 79.5 cm³/mol. The predicted octanol–water partition coefficient (Wildman–Crippen LogP) is 3.09. The number of nitrogens with one attached hydrogen (secondary N) is 2. The zero-order valence-corrected chi connectivity index (χ0v) is 11.6. The minimum Gasteiger partial charge on any atom is -0.352 e. The van der Waals surface area contributed by atoms with E-state index >= 15 is 0 Å². The Bertz CT molecular complexity index is 703. The summed E-state index contributed by atoms with van der Waals surface area (Å²) in [6.45, 7) is 4.87. The third kappa shape index (κ3) is 2.61. The van der Waals surface area contributed by atoms with E-state index in [9.17, 15) is 0 Å². The summed E-state index contributed by atoms with van der Waals surface area (Å²) in [4.78, 5) is 16.4. The van der Waals surface area contributed by atoms with Gasteiger partial charge in [0.15, 0.2) is 5.65 Å². The molecular formula is C15H17N5. The number of benzene rings is 1. The number of rotatable bonds is 4. The van der Waals surface area contributed by atoms with Crippen LogP contribution in [0.5, 0.6) is 0 Å². The van der Waals surface area contributed by atoms with E-state index in [1.54, 1.807) is 6.20 Å². The molecule has 0 aliphatic rings. The van der Waals surface area contributed by atoms with Gasteiger partial charge in [0, 0.05) is 12.5 Å². The Balaban J connectivity index is 1.79. The SMILES string of the molecule is CC(C)c1ncc2[nH]c(NCc3ccccc3)nc2n1. The van der Waals surface area contributed by atoms with Gasteiger partial charge in [-0.2, -0.15) is 4.98 Å². The maximum absolute atomic E-state index is 4.46. The lowest BCUT2D eigenvalue weighted by atomic mass is 10.2. The van der Waals surface area contributed by atoms with Gasteiger partial charge in [-0.05, 0) is 5.56 Å². The van der Waals surface area contributed by atoms with E-state index in [1.807, 2.05) is 18.2 Å². The lowest BCUT2D eigenvalue weighted by Crippen LogP contribution is -2.00. The van der Waals surface area contributed by atoms with E-state index in [-0.39, 0.29) is 0 Å². The van der Waals surface area contributed by atoms with Gasteiger partial charge in [0.25, 0.3) is 0 Å². The second kappa shape index (κ2) is 5.28. The van der Waals surface area contributed by atoms with Crippen LogP contribution in [0.1, 0.15) is 31.2 Å². The third-order valence-corrected chi connectivity index (χ3v) is 3.08. The second-order valence-electron chi connectivity index (χ2n) is 5.04. The van der Waals surface area contributed by atoms with Gasteiger partial charge in [-0.3, -0.25) is 0 Å². The Morgan fingerprint density at radius 1 is 1.15 bits per heavy atom. The molecule has 0 amide bonds. The van der Waals surface area contributed by atoms with E-state index in [0.717, 1.165) is 23.8 Å². The van der Waals surface area contributed by atoms with E-state index < -0.39 is 0 Å². The summed E-state index contributed by atoms with van der Waals surface area (Å²) in [7, 11) is 0. The quantitative estimate of drug-likeness (QED) is 0.762. The first-order valence-electron chi connectivity index (χ1n) is 6.73. The average Bonchev–Trinajstić information content (AvgIpc) is 2.88. The highest BCUT2D eigenvalue weighted by Gasteiger charge is 2.08. The van der Waals surface area contributed by atoms with Gasteiger partial charge < -0.3 is 10.3 Å². The fraction of sp³-hybridized carbons (Fsp3) is 0.267. The Morgan fingerprint density at radius 3 is 2.70 bits per heavy atom. The topological polar surface area (TPSA) is 66.5 Å². The standard InChI is InChI=1S/C15H17N5/c1-10(2)13-16-9-12-14(19-13)20-15(18-12)17-8-11-6-4-3-5-7-11/h3-7,9-10H,8H2,1-2H3,(H2,16,17,18,19,20). The van der Waals surface area contributed by atoms with Gasteiger partial charge in [-0.15, -0.1) is 0 Å². The van der Waals surface area contributed by atoms with Crippen LogP contribution in [0, 0.1) is 0 Å². The van der Waals surface area contributed by atoms with Crippen molar-refractivity contribution in [1.29, 1.82) is 0 Å². The lowest BCUT2D eigenvalue weighted by Gasteiger charge is -2.01. The van der Waals surface area contributed by atoms with Gasteiger partial charge >= 0.3 is 0 Å². The Kier molecular flexibility index (Phi) is 3.33. The maximum Gasteiger partial charge on any atom is 0.203 e. The Hall–Kier alpha value is -2.43. The highest BCUT2D eigenvalue weighted by molar-refractivity contribution is 5.72. The summed E-state index contributed by atoms with van der Waals surface area (Å²) >= 11 is 0. The van der Waals surface area contributed by atoms with Gasteiger partial charge in [0.2, 0.25) is 5.95 Å². The van der Waals surface area contributed by atoms with Crippen LogP contribution in [0.2, 0.25) is 0 Å². The molecule has 5 heteroatoms. The molecule has 2 aromatic heterocycles. The third-order valence-electron chi connectivity index (χ3n) is 3.08. The zero-order chi connectivity index (χ0) is 13.9. The number of fused-ring (bicyclic) bond motifs is 1. The normalized spacial score (nSPS) is 11.2. The number of imidazole rings is 1. The summed E-state index contributed by atoms with van der Waals surface area (Å²) in [5.41, 5.74) is 2.77. The molecule has 0 aliphatic carbocycles. The van der Waals surface area contributed by atoms with Crippen molar-refractivity contribution < 1.29 is 0 Å². The molecule has 3 aromatic rings. The minimum atomic E-state index is 0.303. The highest BCUT2D eigenvalue weighted by atomic mass is 15.1. The van der Waals surface area contributed by atoms with Gasteiger partial charge in [0.1, 0.15) is 11.3 Å². The average molecular weight is 267 g/mol. The number of H-pyrrole nitrogens is 1. The molecule has 0 aliphatic heterocycles. The molecule has 0 spiro atoms. The molecule has 0 saturated heterocycles. The number of nitrogens with zero attached hydrogens (tertiary/aromatic N) is 3. The molecular weight excluding hydrogens is 250 g/mol. The molecule has 0 saturated carbocycles. The molecule has 3 rings (SSSR count). The molecule has 0 atom stereocenters. The van der Waals surface area contributed by atoms with Crippen molar-refractivity contribution >= 4 is 17.1 Å². The van der Waals surface area contributed by atoms with E-state index in [4.69, 9.17) is 0 Å². The first-order chi connectivity index (χ1) is 9.72. The number of aromatic nitrogens is 4. The van der Waals surface area contributed by atoms with Crippen molar-refractivity contribution in [2.75, 3.05) is 5.32 Å². The molecule has 102 valence electrons. The molecule has 0 bridgehead atoms. The van der Waals surface area contributed by atoms with Crippen LogP contribution in [0.4, 0.5) is 5.95 Å². The summed E-state index contributed by atoms with van der Waals surface area (Å²) in [6, 6.07) is 10.2. The lowest BCUT2D eigenvalue weighted by molar-refractivity contribution is 0.781. The molecule has 1 aromatic carbocycles. The number of hydrogen-bond acceptors (Lipinski definition) is 4. The number of anilines is 1. The Labute approximate surface area is 117 Å². The van der Waals surface area contributed by atoms with Crippen LogP contribution in [-0.4, -0.2) is 19.9 Å². The van der Waals surface area contributed by atoms with Crippen LogP contribution in [-0.2, 0) is 6.54 Å². The van der Waals surface area contributed by atoms with E-state index in [1.165, 1.54) is 5.56 Å². The van der Waals surface area contributed by atoms with Crippen LogP contribution < -0.4 is 5.32 Å². The van der Waals surface area contributed by atoms with Crippen molar-refractivity contribution in [2.24, 2.45) is 0 Å². The van der Waals surface area contributed by atoms with Crippen LogP contribution in [0.3, 0.4) is 0 Å². The summed E-state index contributed by atoms with van der Waals surface area (Å²) in [5, 5.41) is 3.26. The van der Waals surface area contributed by atoms with Crippen molar-refractivity contribution in [3.05, 3.63) is 47.9 Å². The maximum atomic E-state index is 4.46. The summed E-state index contributed by atoms with van der Waals surface area (Å²) in [5.74, 6) is 1.84. The molecule has 0 unspecified atom stereocenters. The summed E-state index contributed by atoms with van der Waals surface area (Å²) < 4.78 is 0. The van der Waals surface area contributed by atoms with E-state index in [0.29, 0.717) is 11.6 Å². The second-order valence-corrected chi connectivity index (χ2v) is 5.04. The minimum absolute atomic E-state index is 0.303. The van der Waals surface area contributed by atoms with Gasteiger partial charge in [0.05, 0.1) is 6.20 Å². The molecule has 0 radical (unpaired) electrons. The molecule has 2 heterocycles. The van der Waals surface area contributed by atoms with Crippen molar-refractivity contribution in [2.45, 2.75) is 26.3 Å². The first kappa shape index (κ1) is 12.6. The van der Waals surface area contributed by atoms with Crippen LogP contribution in [0.15, 0.2) is 36.5 Å². The van der Waals surface area contributed by atoms with Crippen LogP contribution >= 0.6 is 0 Å². The first-order valence-corrected chi connectivity index (χ1v) is 6.73. The van der Waals surface area contributed by atoms with Gasteiger partial charge in [-0.25, -0.2) is 9.97 Å². The molecule has 0 fully saturated rings. The fourth-order valence-electron chi connectivity index (χ4n) is 1.96. The van der Waals surface area contributed by atoms with Crippen molar-refractivity contribution in [3.8, 4) is 0 Å². The van der Waals surface area contributed by atoms with E-state index in [2.05, 4.69) is 51.2 Å². The Morgan fingerprint density at radius 2 is 1.95 bits per heavy atom. The summed E-state index contributed by atoms with van der Waals surface area (Å²) in [6.07, 6.45) is 1.79. The van der Waals surface area contributed by atoms with Crippen molar-refractivity contribution in [1.82, 2.24) is 19.9 Å². The zero-order valence-electron chi connectivity index (χ0n) is 11.6. The van der Waals surface area contributed by atoms with Gasteiger partial charge in [-0.1, -0.05) is 44.2 Å². The molecule has 20 heavy (non-hydrogen) atoms. The largest absolute Gasteiger partial charge is 0.352 e. The highest BCUT2D eigenvalue weighted by Crippen LogP contribution is 2.15. The van der Waals surface area contributed by atoms with Crippen molar-refractivity contribution in [3.63, 3.8) is 0 Å². The van der Waals surface area contributed by atoms with Crippen LogP contribution in [0.25, 0.3) is 11.2 Å². The monoisotopic (exact) mass is 267 g/mol. The number of aromatic amines is 1. The molecule has 2 N–H and O–H groups in total. The molecule has 5 nitrogen and oxygen atoms in total.